The Morgan fingerprint density at radius 3 is 2.57 bits per heavy atom. The van der Waals surface area contributed by atoms with Crippen LogP contribution in [0.3, 0.4) is 0 Å². The van der Waals surface area contributed by atoms with E-state index in [-0.39, 0.29) is 11.5 Å². The van der Waals surface area contributed by atoms with E-state index in [4.69, 9.17) is 4.74 Å². The Balaban J connectivity index is 1.57. The number of halogens is 3. The summed E-state index contributed by atoms with van der Waals surface area (Å²) in [7, 11) is 0. The number of nitrogens with zero attached hydrogens (tertiary/aromatic N) is 1. The third kappa shape index (κ3) is 4.41. The van der Waals surface area contributed by atoms with Crippen LogP contribution in [-0.2, 0) is 10.9 Å². The van der Waals surface area contributed by atoms with E-state index >= 15 is 0 Å². The molecular weight excluding hydrogens is 363 g/mol. The van der Waals surface area contributed by atoms with Crippen molar-refractivity contribution in [3.63, 3.8) is 0 Å². The van der Waals surface area contributed by atoms with E-state index < -0.39 is 11.7 Å². The Hall–Kier alpha value is -1.85. The Morgan fingerprint density at radius 1 is 1.04 bits per heavy atom. The van der Waals surface area contributed by atoms with Crippen molar-refractivity contribution in [2.24, 2.45) is 5.92 Å². The summed E-state index contributed by atoms with van der Waals surface area (Å²) in [5.74, 6) is 0.715. The molecule has 0 aromatic heterocycles. The minimum absolute atomic E-state index is 0.155. The maximum absolute atomic E-state index is 13.8. The van der Waals surface area contributed by atoms with Crippen LogP contribution in [-0.4, -0.2) is 37.7 Å². The second-order valence-electron chi connectivity index (χ2n) is 8.00. The monoisotopic (exact) mass is 389 g/mol. The molecule has 1 unspecified atom stereocenters. The van der Waals surface area contributed by atoms with Crippen LogP contribution in [0.2, 0.25) is 0 Å². The first kappa shape index (κ1) is 19.5. The molecule has 2 aliphatic heterocycles. The van der Waals surface area contributed by atoms with Gasteiger partial charge in [-0.3, -0.25) is 0 Å². The average molecular weight is 389 g/mol. The van der Waals surface area contributed by atoms with Gasteiger partial charge < -0.3 is 9.64 Å². The van der Waals surface area contributed by atoms with Gasteiger partial charge in [0.25, 0.3) is 0 Å². The number of benzene rings is 2. The van der Waals surface area contributed by atoms with E-state index in [9.17, 15) is 13.2 Å². The lowest BCUT2D eigenvalue weighted by Gasteiger charge is -2.34. The summed E-state index contributed by atoms with van der Waals surface area (Å²) in [4.78, 5) is 2.41. The molecule has 150 valence electrons. The number of piperidine rings is 1. The molecule has 0 radical (unpaired) electrons. The molecule has 5 heteroatoms. The Kier molecular flexibility index (Phi) is 5.74. The van der Waals surface area contributed by atoms with E-state index in [0.29, 0.717) is 11.5 Å². The van der Waals surface area contributed by atoms with Gasteiger partial charge in [0.1, 0.15) is 0 Å². The maximum Gasteiger partial charge on any atom is 0.417 e. The van der Waals surface area contributed by atoms with Gasteiger partial charge in [-0.25, -0.2) is 0 Å². The molecule has 0 amide bonds. The lowest BCUT2D eigenvalue weighted by molar-refractivity contribution is -0.137. The second-order valence-corrected chi connectivity index (χ2v) is 8.00. The molecule has 2 saturated heterocycles. The third-order valence-electron chi connectivity index (χ3n) is 5.95. The largest absolute Gasteiger partial charge is 0.417 e. The molecule has 2 aromatic rings. The first-order valence-electron chi connectivity index (χ1n) is 10.1. The highest BCUT2D eigenvalue weighted by Crippen LogP contribution is 2.40. The number of alkyl halides is 3. The van der Waals surface area contributed by atoms with Crippen molar-refractivity contribution in [2.75, 3.05) is 32.8 Å². The summed E-state index contributed by atoms with van der Waals surface area (Å²) in [6.45, 7) is 4.49. The predicted octanol–water partition coefficient (Wildman–Crippen LogP) is 5.59. The van der Waals surface area contributed by atoms with Crippen molar-refractivity contribution < 1.29 is 17.9 Å². The molecule has 2 aliphatic rings. The Morgan fingerprint density at radius 2 is 1.86 bits per heavy atom. The van der Waals surface area contributed by atoms with Crippen molar-refractivity contribution in [1.29, 1.82) is 0 Å². The molecule has 2 heterocycles. The SMILES string of the molecule is FC(F)(F)c1cc([C@@H]2CCCN(CC3CCOC3)C2)ccc1-c1ccccc1. The summed E-state index contributed by atoms with van der Waals surface area (Å²) in [6, 6.07) is 13.8. The normalized spacial score (nSPS) is 23.8. The fourth-order valence-electron chi connectivity index (χ4n) is 4.51. The van der Waals surface area contributed by atoms with Gasteiger partial charge in [0, 0.05) is 19.7 Å². The van der Waals surface area contributed by atoms with Crippen molar-refractivity contribution in [2.45, 2.75) is 31.4 Å². The zero-order valence-corrected chi connectivity index (χ0v) is 15.9. The van der Waals surface area contributed by atoms with Crippen LogP contribution < -0.4 is 0 Å². The molecule has 0 bridgehead atoms. The second kappa shape index (κ2) is 8.26. The minimum atomic E-state index is -4.36. The van der Waals surface area contributed by atoms with Gasteiger partial charge in [0.2, 0.25) is 0 Å². The molecule has 2 aromatic carbocycles. The number of rotatable bonds is 4. The smallest absolute Gasteiger partial charge is 0.381 e. The molecule has 0 aliphatic carbocycles. The minimum Gasteiger partial charge on any atom is -0.381 e. The predicted molar refractivity (Wildman–Crippen MR) is 104 cm³/mol. The average Bonchev–Trinajstić information content (AvgIpc) is 3.21. The zero-order chi connectivity index (χ0) is 19.6. The van der Waals surface area contributed by atoms with Gasteiger partial charge >= 0.3 is 6.18 Å². The van der Waals surface area contributed by atoms with Crippen molar-refractivity contribution in [3.8, 4) is 11.1 Å². The highest BCUT2D eigenvalue weighted by Gasteiger charge is 2.35. The molecule has 4 rings (SSSR count). The van der Waals surface area contributed by atoms with Gasteiger partial charge in [-0.15, -0.1) is 0 Å². The Bertz CT molecular complexity index is 784. The van der Waals surface area contributed by atoms with Crippen LogP contribution in [0.15, 0.2) is 48.5 Å². The molecular formula is C23H26F3NO. The molecule has 0 N–H and O–H groups in total. The standard InChI is InChI=1S/C23H26F3NO/c24-23(25,26)22-13-19(8-9-21(22)18-5-2-1-3-6-18)20-7-4-11-27(15-20)14-17-10-12-28-16-17/h1-3,5-6,8-9,13,17,20H,4,7,10-12,14-16H2/t17?,20-/m1/s1. The van der Waals surface area contributed by atoms with Gasteiger partial charge in [-0.2, -0.15) is 13.2 Å². The summed E-state index contributed by atoms with van der Waals surface area (Å²) in [5.41, 5.74) is 1.14. The van der Waals surface area contributed by atoms with E-state index in [1.165, 1.54) is 6.07 Å². The summed E-state index contributed by atoms with van der Waals surface area (Å²) < 4.78 is 46.9. The molecule has 2 nitrogen and oxygen atoms in total. The molecule has 0 spiro atoms. The number of hydrogen-bond donors (Lipinski definition) is 0. The fraction of sp³-hybridized carbons (Fsp3) is 0.478. The maximum atomic E-state index is 13.8. The van der Waals surface area contributed by atoms with E-state index in [1.54, 1.807) is 30.3 Å². The lowest BCUT2D eigenvalue weighted by Crippen LogP contribution is -2.38. The zero-order valence-electron chi connectivity index (χ0n) is 15.9. The highest BCUT2D eigenvalue weighted by atomic mass is 19.4. The highest BCUT2D eigenvalue weighted by molar-refractivity contribution is 5.68. The van der Waals surface area contributed by atoms with E-state index in [1.807, 2.05) is 12.1 Å². The lowest BCUT2D eigenvalue weighted by atomic mass is 9.87. The summed E-state index contributed by atoms with van der Waals surface area (Å²) in [5, 5.41) is 0. The Labute approximate surface area is 164 Å². The fourth-order valence-corrected chi connectivity index (χ4v) is 4.51. The van der Waals surface area contributed by atoms with Gasteiger partial charge in [-0.1, -0.05) is 42.5 Å². The van der Waals surface area contributed by atoms with Crippen LogP contribution in [0.4, 0.5) is 13.2 Å². The van der Waals surface area contributed by atoms with Crippen LogP contribution >= 0.6 is 0 Å². The van der Waals surface area contributed by atoms with Crippen molar-refractivity contribution >= 4 is 0 Å². The number of hydrogen-bond acceptors (Lipinski definition) is 2. The van der Waals surface area contributed by atoms with E-state index in [2.05, 4.69) is 4.90 Å². The number of likely N-dealkylation sites (tertiary alicyclic amines) is 1. The quantitative estimate of drug-likeness (QED) is 0.676. The molecule has 2 atom stereocenters. The van der Waals surface area contributed by atoms with Crippen LogP contribution in [0, 0.1) is 5.92 Å². The van der Waals surface area contributed by atoms with Crippen LogP contribution in [0.5, 0.6) is 0 Å². The first-order chi connectivity index (χ1) is 13.5. The first-order valence-corrected chi connectivity index (χ1v) is 10.1. The molecule has 2 fully saturated rings. The number of ether oxygens (including phenoxy) is 1. The molecule has 0 saturated carbocycles. The van der Waals surface area contributed by atoms with Crippen molar-refractivity contribution in [1.82, 2.24) is 4.90 Å². The summed E-state index contributed by atoms with van der Waals surface area (Å²) >= 11 is 0. The topological polar surface area (TPSA) is 12.5 Å². The van der Waals surface area contributed by atoms with Gasteiger partial charge in [0.15, 0.2) is 0 Å². The van der Waals surface area contributed by atoms with Crippen molar-refractivity contribution in [3.05, 3.63) is 59.7 Å². The van der Waals surface area contributed by atoms with Crippen LogP contribution in [0.25, 0.3) is 11.1 Å². The molecule has 28 heavy (non-hydrogen) atoms. The van der Waals surface area contributed by atoms with Gasteiger partial charge in [-0.05, 0) is 60.4 Å². The van der Waals surface area contributed by atoms with Gasteiger partial charge in [0.05, 0.1) is 12.2 Å². The van der Waals surface area contributed by atoms with Crippen LogP contribution in [0.1, 0.15) is 36.3 Å². The van der Waals surface area contributed by atoms with E-state index in [0.717, 1.165) is 57.7 Å². The third-order valence-corrected chi connectivity index (χ3v) is 5.95. The summed E-state index contributed by atoms with van der Waals surface area (Å²) in [6.07, 6.45) is -1.30.